The van der Waals surface area contributed by atoms with Gasteiger partial charge in [-0.15, -0.1) is 0 Å². The Bertz CT molecular complexity index is 935. The number of nitrogen functional groups attached to an aromatic ring is 1. The van der Waals surface area contributed by atoms with Crippen LogP contribution >= 0.6 is 15.9 Å². The number of benzene rings is 1. The van der Waals surface area contributed by atoms with Gasteiger partial charge in [-0.1, -0.05) is 0 Å². The summed E-state index contributed by atoms with van der Waals surface area (Å²) >= 11 is 3.14. The normalized spacial score (nSPS) is 11.1. The maximum absolute atomic E-state index is 13.8. The highest BCUT2D eigenvalue weighted by atomic mass is 79.9. The molecule has 3 N–H and O–H groups in total. The summed E-state index contributed by atoms with van der Waals surface area (Å²) in [5, 5.41) is 7.51. The van der Waals surface area contributed by atoms with Crippen molar-refractivity contribution in [3.63, 3.8) is 0 Å². The number of aryl methyl sites for hydroxylation is 1. The van der Waals surface area contributed by atoms with Crippen molar-refractivity contribution in [2.45, 2.75) is 13.3 Å². The lowest BCUT2D eigenvalue weighted by Crippen LogP contribution is -2.16. The minimum Gasteiger partial charge on any atom is -0.382 e. The molecule has 0 spiro atoms. The maximum Gasteiger partial charge on any atom is 0.218 e. The van der Waals surface area contributed by atoms with Gasteiger partial charge in [0.05, 0.1) is 16.4 Å². The minimum absolute atomic E-state index is 0.139. The van der Waals surface area contributed by atoms with Gasteiger partial charge in [0.25, 0.3) is 0 Å². The fraction of sp³-hybridized carbons (Fsp3) is 0.133. The Morgan fingerprint density at radius 1 is 1.39 bits per heavy atom. The van der Waals surface area contributed by atoms with E-state index in [1.165, 1.54) is 16.7 Å². The van der Waals surface area contributed by atoms with E-state index in [0.29, 0.717) is 21.4 Å². The summed E-state index contributed by atoms with van der Waals surface area (Å²) in [7, 11) is 0. The first kappa shape index (κ1) is 15.5. The Kier molecular flexibility index (Phi) is 3.85. The second kappa shape index (κ2) is 5.69. The van der Waals surface area contributed by atoms with Crippen molar-refractivity contribution in [3.05, 3.63) is 63.3 Å². The molecule has 1 aromatic carbocycles. The zero-order valence-corrected chi connectivity index (χ0v) is 13.7. The Labute approximate surface area is 138 Å². The number of halogens is 3. The second-order valence-corrected chi connectivity index (χ2v) is 5.98. The molecule has 23 heavy (non-hydrogen) atoms. The molecule has 118 valence electrons. The van der Waals surface area contributed by atoms with E-state index < -0.39 is 5.95 Å². The van der Waals surface area contributed by atoms with Crippen LogP contribution in [0.15, 0.2) is 29.0 Å². The first-order valence-electron chi connectivity index (χ1n) is 6.68. The zero-order chi connectivity index (χ0) is 16.7. The monoisotopic (exact) mass is 379 g/mol. The topological polar surface area (TPSA) is 80.1 Å². The lowest BCUT2D eigenvalue weighted by molar-refractivity contribution is 0.571. The van der Waals surface area contributed by atoms with Crippen molar-refractivity contribution in [2.24, 2.45) is 5.73 Å². The average molecular weight is 380 g/mol. The first-order chi connectivity index (χ1) is 10.9. The lowest BCUT2D eigenvalue weighted by atomic mass is 10.0. The third-order valence-electron chi connectivity index (χ3n) is 3.53. The van der Waals surface area contributed by atoms with Crippen LogP contribution in [-0.4, -0.2) is 20.2 Å². The molecule has 0 radical (unpaired) electrons. The SMILES string of the molecule is Cc1cc(Br)c(F)cc1Cc1nc(C(=N)N)cn2c(F)cnc12. The summed E-state index contributed by atoms with van der Waals surface area (Å²) in [5.41, 5.74) is 7.89. The molecule has 5 nitrogen and oxygen atoms in total. The Morgan fingerprint density at radius 3 is 2.83 bits per heavy atom. The van der Waals surface area contributed by atoms with Gasteiger partial charge >= 0.3 is 0 Å². The van der Waals surface area contributed by atoms with Gasteiger partial charge in [0.1, 0.15) is 17.3 Å². The molecule has 8 heteroatoms. The van der Waals surface area contributed by atoms with Crippen molar-refractivity contribution >= 4 is 27.4 Å². The third kappa shape index (κ3) is 2.81. The summed E-state index contributed by atoms with van der Waals surface area (Å²) in [6.07, 6.45) is 2.63. The van der Waals surface area contributed by atoms with E-state index >= 15 is 0 Å². The van der Waals surface area contributed by atoms with Crippen LogP contribution in [-0.2, 0) is 6.42 Å². The minimum atomic E-state index is -0.579. The smallest absolute Gasteiger partial charge is 0.218 e. The molecule has 2 heterocycles. The van der Waals surface area contributed by atoms with Crippen LogP contribution in [0, 0.1) is 24.1 Å². The second-order valence-electron chi connectivity index (χ2n) is 5.13. The van der Waals surface area contributed by atoms with Crippen LogP contribution in [0.5, 0.6) is 0 Å². The first-order valence-corrected chi connectivity index (χ1v) is 7.47. The molecule has 0 aliphatic rings. The summed E-state index contributed by atoms with van der Waals surface area (Å²) in [6.45, 7) is 1.84. The molecule has 0 bridgehead atoms. The number of nitrogens with two attached hydrogens (primary N) is 1. The number of rotatable bonds is 3. The largest absolute Gasteiger partial charge is 0.382 e. The molecule has 3 rings (SSSR count). The Morgan fingerprint density at radius 2 is 2.13 bits per heavy atom. The van der Waals surface area contributed by atoms with Gasteiger partial charge in [-0.3, -0.25) is 9.81 Å². The zero-order valence-electron chi connectivity index (χ0n) is 12.1. The standard InChI is InChI=1S/C15H12BrF2N5/c1-7-2-9(16)10(17)3-8(7)4-11-15-21-5-13(18)23(15)6-12(22-11)14(19)20/h2-3,5-6H,4H2,1H3,(H3,19,20). The van der Waals surface area contributed by atoms with Gasteiger partial charge in [-0.25, -0.2) is 14.4 Å². The Balaban J connectivity index is 2.16. The van der Waals surface area contributed by atoms with Crippen LogP contribution < -0.4 is 5.73 Å². The van der Waals surface area contributed by atoms with Crippen molar-refractivity contribution in [1.29, 1.82) is 5.41 Å². The maximum atomic E-state index is 13.8. The predicted octanol–water partition coefficient (Wildman–Crippen LogP) is 2.95. The third-order valence-corrected chi connectivity index (χ3v) is 4.14. The number of nitrogens with one attached hydrogen (secondary N) is 1. The van der Waals surface area contributed by atoms with Crippen molar-refractivity contribution in [1.82, 2.24) is 14.4 Å². The van der Waals surface area contributed by atoms with Gasteiger partial charge in [0.15, 0.2) is 5.65 Å². The molecule has 0 unspecified atom stereocenters. The van der Waals surface area contributed by atoms with Gasteiger partial charge in [0.2, 0.25) is 5.95 Å². The van der Waals surface area contributed by atoms with Gasteiger partial charge < -0.3 is 5.73 Å². The van der Waals surface area contributed by atoms with Gasteiger partial charge in [-0.2, -0.15) is 4.39 Å². The van der Waals surface area contributed by atoms with E-state index in [0.717, 1.165) is 11.8 Å². The molecule has 2 aromatic heterocycles. The van der Waals surface area contributed by atoms with E-state index in [-0.39, 0.29) is 23.8 Å². The molecule has 0 aliphatic carbocycles. The van der Waals surface area contributed by atoms with Crippen molar-refractivity contribution in [3.8, 4) is 0 Å². The quantitative estimate of drug-likeness (QED) is 0.542. The summed E-state index contributed by atoms with van der Waals surface area (Å²) < 4.78 is 29.1. The molecule has 0 atom stereocenters. The number of imidazole rings is 1. The van der Waals surface area contributed by atoms with E-state index in [9.17, 15) is 8.78 Å². The number of amidine groups is 1. The lowest BCUT2D eigenvalue weighted by Gasteiger charge is -2.10. The van der Waals surface area contributed by atoms with Crippen LogP contribution in [0.2, 0.25) is 0 Å². The van der Waals surface area contributed by atoms with E-state index in [1.54, 1.807) is 6.07 Å². The molecule has 0 aliphatic heterocycles. The van der Waals surface area contributed by atoms with Crippen molar-refractivity contribution in [2.75, 3.05) is 0 Å². The fourth-order valence-electron chi connectivity index (χ4n) is 2.33. The number of hydrogen-bond donors (Lipinski definition) is 2. The molecule has 0 saturated heterocycles. The number of fused-ring (bicyclic) bond motifs is 1. The highest BCUT2D eigenvalue weighted by molar-refractivity contribution is 9.10. The van der Waals surface area contributed by atoms with Crippen LogP contribution in [0.3, 0.4) is 0 Å². The van der Waals surface area contributed by atoms with E-state index in [1.807, 2.05) is 6.92 Å². The average Bonchev–Trinajstić information content (AvgIpc) is 2.86. The molecule has 0 saturated carbocycles. The van der Waals surface area contributed by atoms with Gasteiger partial charge in [0, 0.05) is 12.6 Å². The van der Waals surface area contributed by atoms with Crippen LogP contribution in [0.1, 0.15) is 22.5 Å². The van der Waals surface area contributed by atoms with Crippen molar-refractivity contribution < 1.29 is 8.78 Å². The molecule has 3 aromatic rings. The molecule has 0 fully saturated rings. The van der Waals surface area contributed by atoms with Crippen LogP contribution in [0.25, 0.3) is 5.65 Å². The molecule has 0 amide bonds. The molecular weight excluding hydrogens is 368 g/mol. The van der Waals surface area contributed by atoms with Crippen LogP contribution in [0.4, 0.5) is 8.78 Å². The summed E-state index contributed by atoms with van der Waals surface area (Å²) in [6, 6.07) is 3.07. The number of aromatic nitrogens is 3. The Hall–Kier alpha value is -2.35. The summed E-state index contributed by atoms with van der Waals surface area (Å²) in [5.74, 6) is -1.25. The number of nitrogens with zero attached hydrogens (tertiary/aromatic N) is 3. The number of hydrogen-bond acceptors (Lipinski definition) is 3. The van der Waals surface area contributed by atoms with Gasteiger partial charge in [-0.05, 0) is 46.1 Å². The van der Waals surface area contributed by atoms with E-state index in [2.05, 4.69) is 25.9 Å². The predicted molar refractivity (Wildman–Crippen MR) is 85.6 cm³/mol. The molecular formula is C15H12BrF2N5. The summed E-state index contributed by atoms with van der Waals surface area (Å²) in [4.78, 5) is 8.26. The highest BCUT2D eigenvalue weighted by Gasteiger charge is 2.15. The highest BCUT2D eigenvalue weighted by Crippen LogP contribution is 2.23. The fourth-order valence-corrected chi connectivity index (χ4v) is 2.79. The van der Waals surface area contributed by atoms with E-state index in [4.69, 9.17) is 11.1 Å².